The van der Waals surface area contributed by atoms with E-state index in [-0.39, 0.29) is 17.1 Å². The fraction of sp³-hybridized carbons (Fsp3) is 0.0714. The number of carboxylic acid groups (broad SMARTS) is 1. The number of benzene rings is 1. The lowest BCUT2D eigenvalue weighted by Crippen LogP contribution is -2.07. The Morgan fingerprint density at radius 3 is 2.65 bits per heavy atom. The van der Waals surface area contributed by atoms with Crippen LogP contribution in [0.3, 0.4) is 0 Å². The minimum Gasteiger partial charge on any atom is -0.478 e. The summed E-state index contributed by atoms with van der Waals surface area (Å²) in [5.74, 6) is -0.810. The summed E-state index contributed by atoms with van der Waals surface area (Å²) in [6.07, 6.45) is 1.72. The molecule has 0 bridgehead atoms. The number of nitrogens with one attached hydrogen (secondary N) is 1. The van der Waals surface area contributed by atoms with Gasteiger partial charge in [0, 0.05) is 11.9 Å². The Bertz CT molecular complexity index is 675. The predicted molar refractivity (Wildman–Crippen MR) is 74.7 cm³/mol. The smallest absolute Gasteiger partial charge is 0.337 e. The molecule has 6 nitrogen and oxygen atoms in total. The molecule has 4 N–H and O–H groups in total. The Labute approximate surface area is 115 Å². The first-order valence-electron chi connectivity index (χ1n) is 5.82. The molecule has 0 saturated heterocycles. The van der Waals surface area contributed by atoms with Crippen LogP contribution in [0.1, 0.15) is 15.9 Å². The van der Waals surface area contributed by atoms with Gasteiger partial charge in [0.1, 0.15) is 0 Å². The lowest BCUT2D eigenvalue weighted by atomic mass is 10.1. The van der Waals surface area contributed by atoms with Crippen molar-refractivity contribution in [3.63, 3.8) is 0 Å². The van der Waals surface area contributed by atoms with Gasteiger partial charge in [-0.1, -0.05) is 12.1 Å². The van der Waals surface area contributed by atoms with Crippen molar-refractivity contribution < 1.29 is 9.90 Å². The minimum absolute atomic E-state index is 0.00333. The van der Waals surface area contributed by atoms with Gasteiger partial charge in [0.25, 0.3) is 0 Å². The summed E-state index contributed by atoms with van der Waals surface area (Å²) < 4.78 is 0. The van der Waals surface area contributed by atoms with E-state index in [2.05, 4.69) is 16.4 Å². The number of pyridine rings is 1. The van der Waals surface area contributed by atoms with Crippen molar-refractivity contribution in [1.29, 1.82) is 5.26 Å². The molecule has 0 spiro atoms. The van der Waals surface area contributed by atoms with Gasteiger partial charge < -0.3 is 16.2 Å². The third-order valence-corrected chi connectivity index (χ3v) is 2.72. The number of rotatable bonds is 4. The number of hydrogen-bond acceptors (Lipinski definition) is 5. The molecule has 0 saturated carbocycles. The first-order chi connectivity index (χ1) is 9.61. The first-order valence-corrected chi connectivity index (χ1v) is 5.82. The van der Waals surface area contributed by atoms with E-state index in [1.165, 1.54) is 12.3 Å². The summed E-state index contributed by atoms with van der Waals surface area (Å²) in [4.78, 5) is 15.0. The van der Waals surface area contributed by atoms with E-state index in [0.29, 0.717) is 12.1 Å². The van der Waals surface area contributed by atoms with Crippen LogP contribution < -0.4 is 11.1 Å². The zero-order valence-corrected chi connectivity index (χ0v) is 10.5. The van der Waals surface area contributed by atoms with Gasteiger partial charge in [0.15, 0.2) is 5.82 Å². The SMILES string of the molecule is N#CCc1ccc(Nc2nccc(C(=O)O)c2N)cc1. The predicted octanol–water partition coefficient (Wildman–Crippen LogP) is 2.17. The fourth-order valence-electron chi connectivity index (χ4n) is 1.69. The molecule has 0 aliphatic carbocycles. The summed E-state index contributed by atoms with van der Waals surface area (Å²) in [5.41, 5.74) is 7.47. The molecule has 0 aliphatic rings. The van der Waals surface area contributed by atoms with E-state index in [1.54, 1.807) is 12.1 Å². The molecule has 0 aliphatic heterocycles. The third-order valence-electron chi connectivity index (χ3n) is 2.72. The van der Waals surface area contributed by atoms with Gasteiger partial charge in [-0.25, -0.2) is 9.78 Å². The number of carboxylic acids is 1. The average Bonchev–Trinajstić information content (AvgIpc) is 2.43. The fourth-order valence-corrected chi connectivity index (χ4v) is 1.69. The number of nitrogens with zero attached hydrogens (tertiary/aromatic N) is 2. The van der Waals surface area contributed by atoms with Gasteiger partial charge >= 0.3 is 5.97 Å². The van der Waals surface area contributed by atoms with Crippen molar-refractivity contribution >= 4 is 23.2 Å². The zero-order chi connectivity index (χ0) is 14.5. The van der Waals surface area contributed by atoms with Gasteiger partial charge in [-0.05, 0) is 23.8 Å². The summed E-state index contributed by atoms with van der Waals surface area (Å²) in [6, 6.07) is 10.6. The summed E-state index contributed by atoms with van der Waals surface area (Å²) >= 11 is 0. The Hall–Kier alpha value is -3.07. The first kappa shape index (κ1) is 13.4. The molecule has 6 heteroatoms. The van der Waals surface area contributed by atoms with E-state index in [9.17, 15) is 4.79 Å². The van der Waals surface area contributed by atoms with Gasteiger partial charge in [-0.3, -0.25) is 0 Å². The Morgan fingerprint density at radius 2 is 2.05 bits per heavy atom. The Kier molecular flexibility index (Phi) is 3.82. The van der Waals surface area contributed by atoms with Crippen LogP contribution in [0.5, 0.6) is 0 Å². The summed E-state index contributed by atoms with van der Waals surface area (Å²) in [6.45, 7) is 0. The maximum absolute atomic E-state index is 11.0. The number of nitrogens with two attached hydrogens (primary N) is 1. The molecule has 0 fully saturated rings. The van der Waals surface area contributed by atoms with Crippen LogP contribution in [-0.2, 0) is 6.42 Å². The van der Waals surface area contributed by atoms with Gasteiger partial charge in [-0.15, -0.1) is 0 Å². The van der Waals surface area contributed by atoms with E-state index in [4.69, 9.17) is 16.1 Å². The lowest BCUT2D eigenvalue weighted by Gasteiger charge is -2.10. The van der Waals surface area contributed by atoms with Crippen LogP contribution in [0.15, 0.2) is 36.5 Å². The molecular weight excluding hydrogens is 256 g/mol. The van der Waals surface area contributed by atoms with E-state index < -0.39 is 5.97 Å². The molecule has 1 aromatic heterocycles. The second kappa shape index (κ2) is 5.71. The summed E-state index contributed by atoms with van der Waals surface area (Å²) in [7, 11) is 0. The zero-order valence-electron chi connectivity index (χ0n) is 10.5. The van der Waals surface area contributed by atoms with Gasteiger partial charge in [0.05, 0.1) is 23.7 Å². The minimum atomic E-state index is -1.10. The highest BCUT2D eigenvalue weighted by Crippen LogP contribution is 2.24. The topological polar surface area (TPSA) is 112 Å². The van der Waals surface area contributed by atoms with Crippen molar-refractivity contribution in [1.82, 2.24) is 4.98 Å². The Balaban J connectivity index is 2.24. The van der Waals surface area contributed by atoms with Crippen LogP contribution in [-0.4, -0.2) is 16.1 Å². The van der Waals surface area contributed by atoms with Crippen molar-refractivity contribution in [2.45, 2.75) is 6.42 Å². The monoisotopic (exact) mass is 268 g/mol. The van der Waals surface area contributed by atoms with E-state index in [0.717, 1.165) is 5.56 Å². The lowest BCUT2D eigenvalue weighted by molar-refractivity contribution is 0.0698. The van der Waals surface area contributed by atoms with Crippen molar-refractivity contribution in [2.24, 2.45) is 0 Å². The van der Waals surface area contributed by atoms with Crippen molar-refractivity contribution in [3.05, 3.63) is 47.7 Å². The maximum Gasteiger partial charge on any atom is 0.337 e. The van der Waals surface area contributed by atoms with Gasteiger partial charge in [-0.2, -0.15) is 5.26 Å². The van der Waals surface area contributed by atoms with Crippen LogP contribution in [0, 0.1) is 11.3 Å². The highest BCUT2D eigenvalue weighted by molar-refractivity contribution is 5.96. The van der Waals surface area contributed by atoms with Crippen LogP contribution in [0.25, 0.3) is 0 Å². The largest absolute Gasteiger partial charge is 0.478 e. The number of carbonyl (C=O) groups is 1. The number of nitrogen functional groups attached to an aromatic ring is 1. The molecule has 20 heavy (non-hydrogen) atoms. The molecule has 1 aromatic carbocycles. The number of nitriles is 1. The van der Waals surface area contributed by atoms with E-state index >= 15 is 0 Å². The molecule has 0 unspecified atom stereocenters. The molecule has 1 heterocycles. The molecule has 0 atom stereocenters. The normalized spacial score (nSPS) is 9.75. The molecule has 0 amide bonds. The number of aromatic nitrogens is 1. The van der Waals surface area contributed by atoms with Crippen molar-refractivity contribution in [3.8, 4) is 6.07 Å². The third kappa shape index (κ3) is 2.84. The standard InChI is InChI=1S/C14H12N4O2/c15-7-5-9-1-3-10(4-2-9)18-13-12(16)11(14(19)20)6-8-17-13/h1-4,6,8H,5,16H2,(H,17,18)(H,19,20). The quantitative estimate of drug-likeness (QED) is 0.783. The van der Waals surface area contributed by atoms with Crippen LogP contribution >= 0.6 is 0 Å². The number of anilines is 3. The average molecular weight is 268 g/mol. The van der Waals surface area contributed by atoms with Crippen LogP contribution in [0.4, 0.5) is 17.2 Å². The Morgan fingerprint density at radius 1 is 1.35 bits per heavy atom. The second-order valence-corrected chi connectivity index (χ2v) is 4.08. The van der Waals surface area contributed by atoms with Crippen molar-refractivity contribution in [2.75, 3.05) is 11.1 Å². The summed E-state index contributed by atoms with van der Waals surface area (Å²) in [5, 5.41) is 20.5. The molecular formula is C14H12N4O2. The molecule has 100 valence electrons. The van der Waals surface area contributed by atoms with E-state index in [1.807, 2.05) is 12.1 Å². The number of aromatic carboxylic acids is 1. The molecule has 2 rings (SSSR count). The molecule has 0 radical (unpaired) electrons. The molecule has 2 aromatic rings. The highest BCUT2D eigenvalue weighted by Gasteiger charge is 2.12. The highest BCUT2D eigenvalue weighted by atomic mass is 16.4. The number of hydrogen-bond donors (Lipinski definition) is 3. The maximum atomic E-state index is 11.0. The van der Waals surface area contributed by atoms with Gasteiger partial charge in [0.2, 0.25) is 0 Å². The second-order valence-electron chi connectivity index (χ2n) is 4.08. The van der Waals surface area contributed by atoms with Crippen LogP contribution in [0.2, 0.25) is 0 Å².